The van der Waals surface area contributed by atoms with Gasteiger partial charge in [0.05, 0.1) is 11.1 Å². The molecule has 7 rings (SSSR count). The van der Waals surface area contributed by atoms with Crippen molar-refractivity contribution < 1.29 is 50.3 Å². The van der Waals surface area contributed by atoms with Crippen molar-refractivity contribution in [3.05, 3.63) is 137 Å². The number of halogens is 6. The van der Waals surface area contributed by atoms with E-state index in [0.29, 0.717) is 11.3 Å². The van der Waals surface area contributed by atoms with Crippen LogP contribution in [0.1, 0.15) is 98.9 Å². The van der Waals surface area contributed by atoms with Crippen molar-refractivity contribution in [1.29, 1.82) is 0 Å². The first-order chi connectivity index (χ1) is 28.2. The van der Waals surface area contributed by atoms with Crippen LogP contribution < -0.4 is 4.65 Å². The minimum Gasteiger partial charge on any atom is -0.512 e. The van der Waals surface area contributed by atoms with Crippen molar-refractivity contribution in [2.45, 2.75) is 125 Å². The van der Waals surface area contributed by atoms with Gasteiger partial charge in [-0.2, -0.15) is 26.3 Å². The number of hydrogen-bond donors (Lipinski definition) is 2. The minimum atomic E-state index is -5.01. The Morgan fingerprint density at radius 1 is 0.661 bits per heavy atom. The molecule has 316 valence electrons. The van der Waals surface area contributed by atoms with Gasteiger partial charge in [0.2, 0.25) is 5.90 Å². The Balaban J connectivity index is 0.000000274. The summed E-state index contributed by atoms with van der Waals surface area (Å²) in [6, 6.07) is 32.7. The lowest BCUT2D eigenvalue weighted by molar-refractivity contribution is -0.143. The van der Waals surface area contributed by atoms with Crippen LogP contribution in [0.3, 0.4) is 0 Å². The summed E-state index contributed by atoms with van der Waals surface area (Å²) in [7, 11) is -3.12. The molecule has 2 aliphatic carbocycles. The Labute approximate surface area is 344 Å². The van der Waals surface area contributed by atoms with Crippen LogP contribution in [-0.2, 0) is 34.5 Å². The third kappa shape index (κ3) is 12.3. The zero-order valence-corrected chi connectivity index (χ0v) is 33.9. The molecule has 2 fully saturated rings. The van der Waals surface area contributed by atoms with Gasteiger partial charge in [-0.15, -0.1) is 0 Å². The molecule has 6 nitrogen and oxygen atoms in total. The number of ether oxygens (including phenoxy) is 1. The van der Waals surface area contributed by atoms with Crippen molar-refractivity contribution in [3.63, 3.8) is 0 Å². The Kier molecular flexibility index (Phi) is 15.2. The van der Waals surface area contributed by atoms with Gasteiger partial charge in [-0.25, -0.2) is 4.99 Å². The summed E-state index contributed by atoms with van der Waals surface area (Å²) < 4.78 is 92.5. The number of aliphatic imine (C=N–C) groups is 1. The number of benzene rings is 4. The molecule has 2 N–H and O–H groups in total. The average Bonchev–Trinajstić information content (AvgIpc) is 3.63. The highest BCUT2D eigenvalue weighted by molar-refractivity contribution is 7.54. The molecule has 0 radical (unpaired) electrons. The molecule has 0 aromatic heterocycles. The van der Waals surface area contributed by atoms with Gasteiger partial charge in [0.25, 0.3) is 0 Å². The normalized spacial score (nSPS) is 19.4. The SMILES string of the molecule is C[C@@H]1OC(c2ccccc2)=N[C@@H]1C(Cc1ccccc1)(Cc1ccccc1)OP(C1CCCCC1)C1CCCCC1.OB(O)Oc1cc(C(F)(F)F)cc(C(F)(F)F)c1. The summed E-state index contributed by atoms with van der Waals surface area (Å²) in [5, 5.41) is 16.7. The molecule has 0 spiro atoms. The molecule has 0 saturated heterocycles. The average molecular weight is 842 g/mol. The maximum atomic E-state index is 12.3. The van der Waals surface area contributed by atoms with Crippen LogP contribution in [0.2, 0.25) is 0 Å². The third-order valence-electron chi connectivity index (χ3n) is 11.2. The minimum absolute atomic E-state index is 0.0628. The van der Waals surface area contributed by atoms with Gasteiger partial charge in [-0.3, -0.25) is 0 Å². The van der Waals surface area contributed by atoms with E-state index in [1.165, 1.54) is 75.3 Å². The van der Waals surface area contributed by atoms with Crippen LogP contribution in [0.5, 0.6) is 5.75 Å². The van der Waals surface area contributed by atoms with E-state index >= 15 is 0 Å². The van der Waals surface area contributed by atoms with Crippen LogP contribution in [0.4, 0.5) is 26.3 Å². The zero-order valence-electron chi connectivity index (χ0n) is 33.0. The lowest BCUT2D eigenvalue weighted by Crippen LogP contribution is -2.51. The van der Waals surface area contributed by atoms with E-state index in [0.717, 1.165) is 24.3 Å². The van der Waals surface area contributed by atoms with E-state index < -0.39 is 50.3 Å². The Morgan fingerprint density at radius 3 is 1.53 bits per heavy atom. The van der Waals surface area contributed by atoms with Gasteiger partial charge in [-0.05, 0) is 74.1 Å². The number of nitrogens with zero attached hydrogens (tertiary/aromatic N) is 1. The predicted octanol–water partition coefficient (Wildman–Crippen LogP) is 11.6. The van der Waals surface area contributed by atoms with Crippen molar-refractivity contribution in [2.24, 2.45) is 4.99 Å². The highest BCUT2D eigenvalue weighted by Gasteiger charge is 2.51. The Hall–Kier alpha value is -3.90. The van der Waals surface area contributed by atoms with E-state index in [-0.39, 0.29) is 30.3 Å². The van der Waals surface area contributed by atoms with Crippen molar-refractivity contribution >= 4 is 21.4 Å². The van der Waals surface area contributed by atoms with Gasteiger partial charge < -0.3 is 24.0 Å². The lowest BCUT2D eigenvalue weighted by Gasteiger charge is -2.47. The highest BCUT2D eigenvalue weighted by atomic mass is 31.1. The lowest BCUT2D eigenvalue weighted by atomic mass is 9.80. The van der Waals surface area contributed by atoms with Gasteiger partial charge in [0, 0.05) is 37.9 Å². The van der Waals surface area contributed by atoms with Crippen molar-refractivity contribution in [3.8, 4) is 5.75 Å². The highest BCUT2D eigenvalue weighted by Crippen LogP contribution is 2.60. The summed E-state index contributed by atoms with van der Waals surface area (Å²) in [5.74, 6) is -0.191. The van der Waals surface area contributed by atoms with Gasteiger partial charge >= 0.3 is 19.7 Å². The summed E-state index contributed by atoms with van der Waals surface area (Å²) in [6.07, 6.45) is 5.04. The zero-order chi connectivity index (χ0) is 42.0. The molecular weight excluding hydrogens is 790 g/mol. The first-order valence-electron chi connectivity index (χ1n) is 20.4. The predicted molar refractivity (Wildman–Crippen MR) is 219 cm³/mol. The summed E-state index contributed by atoms with van der Waals surface area (Å²) in [4.78, 5) is 5.43. The van der Waals surface area contributed by atoms with Crippen LogP contribution in [-0.4, -0.2) is 52.3 Å². The van der Waals surface area contributed by atoms with Crippen molar-refractivity contribution in [1.82, 2.24) is 0 Å². The molecule has 14 heteroatoms. The maximum Gasteiger partial charge on any atom is 0.707 e. The molecular formula is C45H51BF6NO5P. The number of rotatable bonds is 12. The molecule has 2 atom stereocenters. The summed E-state index contributed by atoms with van der Waals surface area (Å²) >= 11 is 0. The van der Waals surface area contributed by atoms with E-state index in [2.05, 4.69) is 103 Å². The van der Waals surface area contributed by atoms with Crippen molar-refractivity contribution in [2.75, 3.05) is 0 Å². The second-order valence-corrected chi connectivity index (χ2v) is 18.0. The van der Waals surface area contributed by atoms with E-state index in [1.54, 1.807) is 0 Å². The first kappa shape index (κ1) is 44.7. The fraction of sp³-hybridized carbons (Fsp3) is 0.444. The summed E-state index contributed by atoms with van der Waals surface area (Å²) in [5.41, 5.74) is 1.39. The largest absolute Gasteiger partial charge is 0.707 e. The Morgan fingerprint density at radius 2 is 1.10 bits per heavy atom. The fourth-order valence-electron chi connectivity index (χ4n) is 8.49. The molecule has 0 amide bonds. The molecule has 3 aliphatic rings. The maximum absolute atomic E-state index is 12.3. The monoisotopic (exact) mass is 841 g/mol. The smallest absolute Gasteiger partial charge is 0.512 e. The fourth-order valence-corrected chi connectivity index (χ4v) is 11.8. The van der Waals surface area contributed by atoms with Crippen LogP contribution >= 0.6 is 8.15 Å². The standard InChI is InChI=1S/C37H46NO2P.C8H5BF6O3/c1-29-35(38-36(39-29)32-21-11-4-12-22-32)37(27-30-17-7-2-8-18-30,28-31-19-9-3-10-20-31)40-41(33-23-13-5-14-24-33)34-25-15-6-16-26-34;10-7(11,12)4-1-5(8(13,14)15)3-6(2-4)18-9(16)17/h2-4,7-12,17-22,29,33-35H,5-6,13-16,23-28H2,1H3;1-3,16-17H/t29-,35-;/m0./s1. The molecule has 1 heterocycles. The topological polar surface area (TPSA) is 80.5 Å². The second-order valence-electron chi connectivity index (χ2n) is 15.7. The third-order valence-corrected chi connectivity index (χ3v) is 14.3. The Bertz CT molecular complexity index is 1830. The van der Waals surface area contributed by atoms with E-state index in [9.17, 15) is 26.3 Å². The number of hydrogen-bond acceptors (Lipinski definition) is 6. The van der Waals surface area contributed by atoms with E-state index in [1.807, 2.05) is 0 Å². The van der Waals surface area contributed by atoms with E-state index in [4.69, 9.17) is 24.3 Å². The molecule has 0 unspecified atom stereocenters. The molecule has 2 saturated carbocycles. The molecule has 1 aliphatic heterocycles. The number of alkyl halides is 6. The van der Waals surface area contributed by atoms with Gasteiger partial charge in [-0.1, -0.05) is 117 Å². The molecule has 0 bridgehead atoms. The molecule has 59 heavy (non-hydrogen) atoms. The van der Waals surface area contributed by atoms with Gasteiger partial charge in [0.15, 0.2) is 0 Å². The summed E-state index contributed by atoms with van der Waals surface area (Å²) in [6.45, 7) is 2.21. The molecule has 4 aromatic rings. The first-order valence-corrected chi connectivity index (χ1v) is 21.8. The van der Waals surface area contributed by atoms with Crippen LogP contribution in [0.25, 0.3) is 0 Å². The van der Waals surface area contributed by atoms with Crippen LogP contribution in [0.15, 0.2) is 114 Å². The second kappa shape index (κ2) is 20.1. The quantitative estimate of drug-likeness (QED) is 0.0844. The van der Waals surface area contributed by atoms with Gasteiger partial charge in [0.1, 0.15) is 23.5 Å². The van der Waals surface area contributed by atoms with Crippen LogP contribution in [0, 0.1) is 0 Å². The molecule has 4 aromatic carbocycles.